The van der Waals surface area contributed by atoms with E-state index >= 15 is 0 Å². The van der Waals surface area contributed by atoms with Gasteiger partial charge in [0.25, 0.3) is 0 Å². The van der Waals surface area contributed by atoms with Crippen LogP contribution in [0.25, 0.3) is 0 Å². The number of methoxy groups -OCH3 is 1. The molecule has 30 heavy (non-hydrogen) atoms. The summed E-state index contributed by atoms with van der Waals surface area (Å²) in [7, 11) is 3.51. The maximum Gasteiger partial charge on any atom is 0.192 e. The smallest absolute Gasteiger partial charge is 0.192 e. The third-order valence-corrected chi connectivity index (χ3v) is 5.69. The first-order chi connectivity index (χ1) is 14.6. The topological polar surface area (TPSA) is 78.2 Å². The predicted molar refractivity (Wildman–Crippen MR) is 125 cm³/mol. The molecular formula is C21H21ClN4O2S2. The van der Waals surface area contributed by atoms with E-state index in [-0.39, 0.29) is 5.69 Å². The van der Waals surface area contributed by atoms with Crippen molar-refractivity contribution in [1.82, 2.24) is 9.71 Å². The SMILES string of the molecule is CNSC.COc1ccccc1CN(c1ccc(C#N)cc1)c1nc(C=O)c(Cl)s1. The van der Waals surface area contributed by atoms with Gasteiger partial charge in [0.1, 0.15) is 15.8 Å². The van der Waals surface area contributed by atoms with E-state index in [0.29, 0.717) is 27.9 Å². The van der Waals surface area contributed by atoms with Gasteiger partial charge in [0.15, 0.2) is 11.4 Å². The molecule has 0 bridgehead atoms. The maximum atomic E-state index is 11.1. The highest BCUT2D eigenvalue weighted by atomic mass is 35.5. The standard InChI is InChI=1S/C19H14ClN3O2S.C2H7NS/c1-25-17-5-3-2-4-14(17)11-23(15-8-6-13(10-21)7-9-15)19-22-16(12-24)18(20)26-19;1-3-4-2/h2-9,12H,11H2,1H3;3H,1-2H3. The molecule has 1 aromatic heterocycles. The maximum absolute atomic E-state index is 11.1. The van der Waals surface area contributed by atoms with E-state index < -0.39 is 0 Å². The number of benzene rings is 2. The summed E-state index contributed by atoms with van der Waals surface area (Å²) >= 11 is 8.95. The fraction of sp³-hybridized carbons (Fsp3) is 0.190. The zero-order valence-electron chi connectivity index (χ0n) is 16.8. The Morgan fingerprint density at radius 1 is 1.30 bits per heavy atom. The molecule has 1 heterocycles. The fourth-order valence-electron chi connectivity index (χ4n) is 2.48. The lowest BCUT2D eigenvalue weighted by molar-refractivity contribution is 0.112. The first-order valence-electron chi connectivity index (χ1n) is 8.78. The quantitative estimate of drug-likeness (QED) is 0.378. The number of hydrogen-bond acceptors (Lipinski definition) is 8. The highest BCUT2D eigenvalue weighted by Crippen LogP contribution is 2.36. The predicted octanol–water partition coefficient (Wildman–Crippen LogP) is 5.31. The molecule has 9 heteroatoms. The van der Waals surface area contributed by atoms with Gasteiger partial charge >= 0.3 is 0 Å². The van der Waals surface area contributed by atoms with Crippen molar-refractivity contribution >= 4 is 52.0 Å². The molecule has 3 aromatic rings. The van der Waals surface area contributed by atoms with Crippen LogP contribution in [0.4, 0.5) is 10.8 Å². The lowest BCUT2D eigenvalue weighted by Gasteiger charge is -2.23. The number of rotatable bonds is 7. The van der Waals surface area contributed by atoms with E-state index in [9.17, 15) is 4.79 Å². The molecule has 6 nitrogen and oxygen atoms in total. The van der Waals surface area contributed by atoms with E-state index in [1.54, 1.807) is 31.2 Å². The van der Waals surface area contributed by atoms with E-state index in [1.165, 1.54) is 11.3 Å². The van der Waals surface area contributed by atoms with Crippen LogP contribution in [0.15, 0.2) is 48.5 Å². The number of aldehydes is 1. The summed E-state index contributed by atoms with van der Waals surface area (Å²) < 4.78 is 8.62. The summed E-state index contributed by atoms with van der Waals surface area (Å²) in [6.07, 6.45) is 2.63. The summed E-state index contributed by atoms with van der Waals surface area (Å²) in [5.74, 6) is 0.754. The number of thiazole rings is 1. The van der Waals surface area contributed by atoms with Crippen molar-refractivity contribution in [2.24, 2.45) is 0 Å². The number of para-hydroxylation sites is 1. The zero-order chi connectivity index (χ0) is 21.9. The fourth-order valence-corrected chi connectivity index (χ4v) is 3.56. The Hall–Kier alpha value is -2.57. The third kappa shape index (κ3) is 6.21. The lowest BCUT2D eigenvalue weighted by atomic mass is 10.1. The third-order valence-electron chi connectivity index (χ3n) is 3.97. The van der Waals surface area contributed by atoms with Crippen molar-refractivity contribution in [3.05, 3.63) is 69.7 Å². The number of halogens is 1. The molecule has 0 atom stereocenters. The van der Waals surface area contributed by atoms with Gasteiger partial charge in [-0.1, -0.05) is 53.1 Å². The first kappa shape index (κ1) is 23.7. The number of nitrogens with one attached hydrogen (secondary N) is 1. The highest BCUT2D eigenvalue weighted by Gasteiger charge is 2.19. The number of ether oxygens (including phenoxy) is 1. The molecule has 0 amide bonds. The summed E-state index contributed by atoms with van der Waals surface area (Å²) in [4.78, 5) is 17.4. The second-order valence-electron chi connectivity index (χ2n) is 5.74. The lowest BCUT2D eigenvalue weighted by Crippen LogP contribution is -2.17. The summed E-state index contributed by atoms with van der Waals surface area (Å²) in [6, 6.07) is 16.9. The van der Waals surface area contributed by atoms with Crippen LogP contribution in [0.3, 0.4) is 0 Å². The molecule has 0 radical (unpaired) electrons. The minimum Gasteiger partial charge on any atom is -0.496 e. The Morgan fingerprint density at radius 3 is 2.50 bits per heavy atom. The number of aromatic nitrogens is 1. The van der Waals surface area contributed by atoms with Crippen molar-refractivity contribution < 1.29 is 9.53 Å². The molecule has 0 saturated heterocycles. The Labute approximate surface area is 189 Å². The van der Waals surface area contributed by atoms with Gasteiger partial charge in [-0.25, -0.2) is 4.98 Å². The minimum atomic E-state index is 0.213. The number of carbonyl (C=O) groups excluding carboxylic acids is 1. The monoisotopic (exact) mass is 460 g/mol. The van der Waals surface area contributed by atoms with Crippen molar-refractivity contribution in [3.8, 4) is 11.8 Å². The van der Waals surface area contributed by atoms with Crippen LogP contribution in [0.5, 0.6) is 5.75 Å². The van der Waals surface area contributed by atoms with E-state index in [2.05, 4.69) is 15.8 Å². The van der Waals surface area contributed by atoms with Crippen LogP contribution in [-0.2, 0) is 6.54 Å². The second kappa shape index (κ2) is 12.2. The van der Waals surface area contributed by atoms with Crippen LogP contribution < -0.4 is 14.4 Å². The van der Waals surface area contributed by atoms with Gasteiger partial charge in [-0.3, -0.25) is 9.52 Å². The van der Waals surface area contributed by atoms with Gasteiger partial charge in [0.2, 0.25) is 0 Å². The van der Waals surface area contributed by atoms with Crippen molar-refractivity contribution in [1.29, 1.82) is 5.26 Å². The molecule has 0 saturated carbocycles. The van der Waals surface area contributed by atoms with Gasteiger partial charge in [0.05, 0.1) is 25.3 Å². The van der Waals surface area contributed by atoms with Gasteiger partial charge < -0.3 is 9.64 Å². The number of anilines is 2. The van der Waals surface area contributed by atoms with Gasteiger partial charge in [-0.15, -0.1) is 0 Å². The molecule has 1 N–H and O–H groups in total. The molecule has 0 unspecified atom stereocenters. The Balaban J connectivity index is 0.000000735. The highest BCUT2D eigenvalue weighted by molar-refractivity contribution is 7.96. The molecule has 156 valence electrons. The van der Waals surface area contributed by atoms with Crippen molar-refractivity contribution in [3.63, 3.8) is 0 Å². The van der Waals surface area contributed by atoms with Crippen LogP contribution in [0.2, 0.25) is 4.34 Å². The molecule has 0 aliphatic heterocycles. The molecule has 0 aliphatic carbocycles. The average Bonchev–Trinajstić information content (AvgIpc) is 3.18. The number of nitriles is 1. The zero-order valence-corrected chi connectivity index (χ0v) is 19.1. The molecular weight excluding hydrogens is 440 g/mol. The van der Waals surface area contributed by atoms with Crippen LogP contribution >= 0.6 is 34.9 Å². The number of carbonyl (C=O) groups is 1. The Bertz CT molecular complexity index is 1000. The number of nitrogens with zero attached hydrogens (tertiary/aromatic N) is 3. The minimum absolute atomic E-state index is 0.213. The summed E-state index contributed by atoms with van der Waals surface area (Å²) in [5, 5.41) is 9.60. The van der Waals surface area contributed by atoms with Crippen LogP contribution in [0.1, 0.15) is 21.6 Å². The molecule has 3 rings (SSSR count). The largest absolute Gasteiger partial charge is 0.496 e. The van der Waals surface area contributed by atoms with Crippen LogP contribution in [-0.4, -0.2) is 31.7 Å². The molecule has 0 spiro atoms. The number of hydrogen-bond donors (Lipinski definition) is 1. The molecule has 0 aliphatic rings. The van der Waals surface area contributed by atoms with E-state index in [1.807, 2.05) is 54.6 Å². The average molecular weight is 461 g/mol. The second-order valence-corrected chi connectivity index (χ2v) is 8.13. The Morgan fingerprint density at radius 2 is 1.97 bits per heavy atom. The molecule has 2 aromatic carbocycles. The van der Waals surface area contributed by atoms with Crippen molar-refractivity contribution in [2.75, 3.05) is 25.3 Å². The van der Waals surface area contributed by atoms with E-state index in [4.69, 9.17) is 21.6 Å². The van der Waals surface area contributed by atoms with Gasteiger partial charge in [-0.2, -0.15) is 5.26 Å². The van der Waals surface area contributed by atoms with E-state index in [0.717, 1.165) is 17.0 Å². The van der Waals surface area contributed by atoms with Crippen LogP contribution in [0, 0.1) is 11.3 Å². The Kier molecular flexibility index (Phi) is 9.64. The van der Waals surface area contributed by atoms with Crippen molar-refractivity contribution in [2.45, 2.75) is 6.54 Å². The summed E-state index contributed by atoms with van der Waals surface area (Å²) in [5.41, 5.74) is 2.57. The van der Waals surface area contributed by atoms with Gasteiger partial charge in [0, 0.05) is 11.3 Å². The summed E-state index contributed by atoms with van der Waals surface area (Å²) in [6.45, 7) is 0.470. The molecule has 0 fully saturated rings. The first-order valence-corrected chi connectivity index (χ1v) is 11.2. The normalized spacial score (nSPS) is 9.83. The van der Waals surface area contributed by atoms with Gasteiger partial charge in [-0.05, 0) is 43.6 Å².